The lowest BCUT2D eigenvalue weighted by molar-refractivity contribution is -0.146. The maximum atomic E-state index is 12.7. The molecule has 0 aliphatic rings. The summed E-state index contributed by atoms with van der Waals surface area (Å²) in [4.78, 5) is 24.6. The van der Waals surface area contributed by atoms with E-state index >= 15 is 0 Å². The van der Waals surface area contributed by atoms with E-state index in [1.54, 1.807) is 0 Å². The second-order valence-corrected chi connectivity index (χ2v) is 27.6. The second-order valence-electron chi connectivity index (χ2n) is 27.6. The number of aliphatic hydroxyl groups is 1. The molecule has 0 aromatic rings. The Morgan fingerprint density at radius 2 is 0.415 bits per heavy atom. The number of hydrogen-bond donors (Lipinski definition) is 2. The predicted octanol–water partition coefficient (Wildman–Crippen LogP) is 27.6. The highest BCUT2D eigenvalue weighted by atomic mass is 16.4. The number of aliphatic hydroxyl groups excluding tert-OH is 1. The molecular formula is C78H154O4. The number of aliphatic carboxylic acids is 1. The van der Waals surface area contributed by atoms with Crippen LogP contribution in [0.2, 0.25) is 0 Å². The number of rotatable bonds is 74. The Morgan fingerprint density at radius 1 is 0.244 bits per heavy atom. The quantitative estimate of drug-likeness (QED) is 0.0595. The van der Waals surface area contributed by atoms with Crippen molar-refractivity contribution in [1.29, 1.82) is 0 Å². The molecule has 0 aromatic heterocycles. The maximum absolute atomic E-state index is 12.7. The lowest BCUT2D eigenvalue weighted by Crippen LogP contribution is -2.28. The monoisotopic (exact) mass is 1160 g/mol. The third-order valence-electron chi connectivity index (χ3n) is 19.4. The number of unbranched alkanes of at least 4 members (excludes halogenated alkanes) is 63. The minimum Gasteiger partial charge on any atom is -0.481 e. The normalized spacial score (nSPS) is 12.9. The van der Waals surface area contributed by atoms with E-state index in [1.165, 1.54) is 392 Å². The van der Waals surface area contributed by atoms with Crippen molar-refractivity contribution < 1.29 is 19.8 Å². The zero-order valence-corrected chi connectivity index (χ0v) is 56.9. The highest BCUT2D eigenvalue weighted by Crippen LogP contribution is 2.24. The van der Waals surface area contributed by atoms with E-state index in [1.807, 2.05) is 0 Å². The second kappa shape index (κ2) is 70.9. The van der Waals surface area contributed by atoms with Crippen LogP contribution in [0, 0.1) is 11.8 Å². The molecule has 82 heavy (non-hydrogen) atoms. The number of Topliss-reactive ketones (excluding diaryl/α,β-unsaturated/α-hetero) is 1. The van der Waals surface area contributed by atoms with Crippen molar-refractivity contribution in [3.05, 3.63) is 0 Å². The van der Waals surface area contributed by atoms with Crippen LogP contribution in [0.5, 0.6) is 0 Å². The molecule has 0 aromatic carbocycles. The molecule has 3 atom stereocenters. The zero-order chi connectivity index (χ0) is 59.4. The molecule has 0 bridgehead atoms. The summed E-state index contributed by atoms with van der Waals surface area (Å²) < 4.78 is 0. The van der Waals surface area contributed by atoms with Crippen LogP contribution in [0.3, 0.4) is 0 Å². The third-order valence-corrected chi connectivity index (χ3v) is 19.4. The van der Waals surface area contributed by atoms with Gasteiger partial charge >= 0.3 is 5.97 Å². The van der Waals surface area contributed by atoms with Crippen LogP contribution in [0.25, 0.3) is 0 Å². The molecule has 0 aliphatic heterocycles. The lowest BCUT2D eigenvalue weighted by atomic mass is 9.91. The Morgan fingerprint density at radius 3 is 0.622 bits per heavy atom. The number of carbonyl (C=O) groups excluding carboxylic acids is 1. The molecule has 2 N–H and O–H groups in total. The summed E-state index contributed by atoms with van der Waals surface area (Å²) in [5.41, 5.74) is 0. The van der Waals surface area contributed by atoms with Crippen LogP contribution in [-0.2, 0) is 9.59 Å². The summed E-state index contributed by atoms with van der Waals surface area (Å²) in [6.07, 6.45) is 93.0. The minimum absolute atomic E-state index is 0.280. The Hall–Kier alpha value is -0.900. The molecular weight excluding hydrogens is 1000 g/mol. The van der Waals surface area contributed by atoms with Gasteiger partial charge in [-0.2, -0.15) is 0 Å². The van der Waals surface area contributed by atoms with E-state index < -0.39 is 18.0 Å². The van der Waals surface area contributed by atoms with Crippen LogP contribution in [0.4, 0.5) is 0 Å². The van der Waals surface area contributed by atoms with Crippen molar-refractivity contribution in [3.63, 3.8) is 0 Å². The topological polar surface area (TPSA) is 74.6 Å². The molecule has 0 rings (SSSR count). The first-order valence-corrected chi connectivity index (χ1v) is 38.9. The largest absolute Gasteiger partial charge is 0.481 e. The molecule has 4 heteroatoms. The number of ketones is 1. The van der Waals surface area contributed by atoms with Gasteiger partial charge in [-0.25, -0.2) is 0 Å². The Kier molecular flexibility index (Phi) is 70.1. The Balaban J connectivity index is 3.36. The molecule has 0 fully saturated rings. The van der Waals surface area contributed by atoms with Crippen LogP contribution in [-0.4, -0.2) is 28.1 Å². The zero-order valence-electron chi connectivity index (χ0n) is 56.9. The van der Waals surface area contributed by atoms with Gasteiger partial charge < -0.3 is 10.2 Å². The fourth-order valence-corrected chi connectivity index (χ4v) is 13.3. The Labute approximate surface area is 517 Å². The molecule has 0 aliphatic carbocycles. The first kappa shape index (κ1) is 81.1. The summed E-state index contributed by atoms with van der Waals surface area (Å²) in [5.74, 6) is -0.578. The number of carboxylic acid groups (broad SMARTS) is 1. The van der Waals surface area contributed by atoms with Gasteiger partial charge in [0.2, 0.25) is 0 Å². The smallest absolute Gasteiger partial charge is 0.309 e. The highest BCUT2D eigenvalue weighted by molar-refractivity contribution is 5.80. The molecule has 0 saturated carbocycles. The number of hydrogen-bond acceptors (Lipinski definition) is 3. The SMILES string of the molecule is CCCCCCCCCCCCCCCCCCCCCCC(C(=O)O)C(O)CCCCCCCCCCCCCCCCCCCCCCCCCCCCCCCCC(=O)C(C)CCCCCCCCCCCCCCCCCC. The first-order chi connectivity index (χ1) is 40.4. The molecule has 3 unspecified atom stereocenters. The maximum Gasteiger partial charge on any atom is 0.309 e. The van der Waals surface area contributed by atoms with Gasteiger partial charge in [0.05, 0.1) is 12.0 Å². The average molecular weight is 1160 g/mol. The fourth-order valence-electron chi connectivity index (χ4n) is 13.3. The van der Waals surface area contributed by atoms with E-state index in [-0.39, 0.29) is 5.92 Å². The van der Waals surface area contributed by atoms with Crippen molar-refractivity contribution in [2.24, 2.45) is 11.8 Å². The standard InChI is InChI=1S/C78H154O4/c1-4-6-8-10-12-14-16-18-20-22-23-36-39-43-47-51-55-59-63-67-71-75(78(81)82)77(80)73-69-65-61-57-53-49-45-41-38-35-33-31-29-27-25-24-26-28-30-32-34-37-40-44-48-52-56-60-64-68-72-76(79)74(3)70-66-62-58-54-50-46-42-21-19-17-15-13-11-9-7-5-2/h74-75,77,80H,4-73H2,1-3H3,(H,81,82). The van der Waals surface area contributed by atoms with Crippen LogP contribution in [0.1, 0.15) is 470 Å². The fraction of sp³-hybridized carbons (Fsp3) is 0.974. The summed E-state index contributed by atoms with van der Waals surface area (Å²) in [5, 5.41) is 20.5. The molecule has 0 radical (unpaired) electrons. The van der Waals surface area contributed by atoms with Crippen LogP contribution >= 0.6 is 0 Å². The van der Waals surface area contributed by atoms with Crippen LogP contribution in [0.15, 0.2) is 0 Å². The molecule has 0 spiro atoms. The van der Waals surface area contributed by atoms with Crippen molar-refractivity contribution >= 4 is 11.8 Å². The summed E-state index contributed by atoms with van der Waals surface area (Å²) >= 11 is 0. The molecule has 4 nitrogen and oxygen atoms in total. The Bertz CT molecular complexity index is 1200. The number of carbonyl (C=O) groups is 2. The molecule has 0 heterocycles. The van der Waals surface area contributed by atoms with Gasteiger partial charge in [-0.1, -0.05) is 438 Å². The van der Waals surface area contributed by atoms with Crippen molar-refractivity contribution in [1.82, 2.24) is 0 Å². The van der Waals surface area contributed by atoms with Crippen molar-refractivity contribution in [2.45, 2.75) is 476 Å². The first-order valence-electron chi connectivity index (χ1n) is 38.9. The van der Waals surface area contributed by atoms with Gasteiger partial charge in [0.1, 0.15) is 5.78 Å². The van der Waals surface area contributed by atoms with Gasteiger partial charge in [-0.3, -0.25) is 9.59 Å². The van der Waals surface area contributed by atoms with Crippen LogP contribution < -0.4 is 0 Å². The molecule has 0 amide bonds. The van der Waals surface area contributed by atoms with Gasteiger partial charge in [0.15, 0.2) is 0 Å². The van der Waals surface area contributed by atoms with E-state index in [0.717, 1.165) is 44.9 Å². The predicted molar refractivity (Wildman–Crippen MR) is 366 cm³/mol. The van der Waals surface area contributed by atoms with Gasteiger partial charge in [0.25, 0.3) is 0 Å². The van der Waals surface area contributed by atoms with E-state index in [0.29, 0.717) is 18.6 Å². The average Bonchev–Trinajstić information content (AvgIpc) is 3.47. The van der Waals surface area contributed by atoms with Crippen molar-refractivity contribution in [2.75, 3.05) is 0 Å². The van der Waals surface area contributed by atoms with Gasteiger partial charge in [-0.15, -0.1) is 0 Å². The molecule has 490 valence electrons. The summed E-state index contributed by atoms with van der Waals surface area (Å²) in [6.45, 7) is 6.78. The van der Waals surface area contributed by atoms with E-state index in [9.17, 15) is 19.8 Å². The highest BCUT2D eigenvalue weighted by Gasteiger charge is 2.25. The minimum atomic E-state index is -0.802. The number of carboxylic acids is 1. The van der Waals surface area contributed by atoms with Gasteiger partial charge in [-0.05, 0) is 25.7 Å². The summed E-state index contributed by atoms with van der Waals surface area (Å²) in [6, 6.07) is 0. The molecule has 0 saturated heterocycles. The van der Waals surface area contributed by atoms with E-state index in [4.69, 9.17) is 0 Å². The van der Waals surface area contributed by atoms with E-state index in [2.05, 4.69) is 20.8 Å². The lowest BCUT2D eigenvalue weighted by Gasteiger charge is -2.19. The van der Waals surface area contributed by atoms with Crippen molar-refractivity contribution in [3.8, 4) is 0 Å². The third kappa shape index (κ3) is 65.1. The summed E-state index contributed by atoms with van der Waals surface area (Å²) in [7, 11) is 0. The van der Waals surface area contributed by atoms with Gasteiger partial charge in [0, 0.05) is 12.3 Å².